The summed E-state index contributed by atoms with van der Waals surface area (Å²) in [7, 11) is 0. The van der Waals surface area contributed by atoms with E-state index in [-0.39, 0.29) is 18.1 Å². The van der Waals surface area contributed by atoms with Crippen LogP contribution in [0.3, 0.4) is 0 Å². The molecule has 0 unspecified atom stereocenters. The van der Waals surface area contributed by atoms with E-state index >= 15 is 0 Å². The third-order valence-electron chi connectivity index (χ3n) is 3.29. The number of amides is 1. The van der Waals surface area contributed by atoms with Gasteiger partial charge in [0.15, 0.2) is 0 Å². The zero-order valence-corrected chi connectivity index (χ0v) is 11.1. The fourth-order valence-corrected chi connectivity index (χ4v) is 2.97. The summed E-state index contributed by atoms with van der Waals surface area (Å²) in [4.78, 5) is 16.8. The monoisotopic (exact) mass is 266 g/mol. The van der Waals surface area contributed by atoms with Gasteiger partial charge in [0.25, 0.3) is 0 Å². The van der Waals surface area contributed by atoms with Gasteiger partial charge in [-0.3, -0.25) is 9.78 Å². The predicted octanol–water partition coefficient (Wildman–Crippen LogP) is 1.59. The second kappa shape index (κ2) is 6.20. The summed E-state index contributed by atoms with van der Waals surface area (Å²) < 4.78 is 0. The highest BCUT2D eigenvalue weighted by molar-refractivity contribution is 8.00. The topological polar surface area (TPSA) is 62.2 Å². The van der Waals surface area contributed by atoms with Crippen LogP contribution in [-0.2, 0) is 4.79 Å². The molecule has 1 heterocycles. The highest BCUT2D eigenvalue weighted by Gasteiger charge is 2.34. The molecule has 0 aliphatic heterocycles. The molecular weight excluding hydrogens is 248 g/mol. The first-order chi connectivity index (χ1) is 8.74. The number of pyridine rings is 1. The maximum absolute atomic E-state index is 11.9. The number of carbonyl (C=O) groups is 1. The van der Waals surface area contributed by atoms with Crippen molar-refractivity contribution in [2.24, 2.45) is 0 Å². The van der Waals surface area contributed by atoms with E-state index in [4.69, 9.17) is 0 Å². The Morgan fingerprint density at radius 1 is 1.39 bits per heavy atom. The standard InChI is InChI=1S/C13H18N2O2S/c16-10-13(5-1-2-6-13)15-12(17)9-18-11-3-7-14-8-4-11/h3-4,7-8,16H,1-2,5-6,9-10H2,(H,15,17). The minimum atomic E-state index is -0.365. The number of rotatable bonds is 5. The number of nitrogens with one attached hydrogen (secondary N) is 1. The van der Waals surface area contributed by atoms with Gasteiger partial charge in [-0.2, -0.15) is 0 Å². The molecule has 2 N–H and O–H groups in total. The van der Waals surface area contributed by atoms with Crippen LogP contribution >= 0.6 is 11.8 Å². The Balaban J connectivity index is 1.82. The fraction of sp³-hybridized carbons (Fsp3) is 0.538. The van der Waals surface area contributed by atoms with E-state index in [1.165, 1.54) is 11.8 Å². The maximum Gasteiger partial charge on any atom is 0.230 e. The smallest absolute Gasteiger partial charge is 0.230 e. The predicted molar refractivity (Wildman–Crippen MR) is 71.4 cm³/mol. The first-order valence-corrected chi connectivity index (χ1v) is 7.17. The summed E-state index contributed by atoms with van der Waals surface area (Å²) in [5.41, 5.74) is -0.365. The summed E-state index contributed by atoms with van der Waals surface area (Å²) >= 11 is 1.49. The lowest BCUT2D eigenvalue weighted by Crippen LogP contribution is -2.49. The van der Waals surface area contributed by atoms with Crippen molar-refractivity contribution in [1.29, 1.82) is 0 Å². The molecular formula is C13H18N2O2S. The number of aromatic nitrogens is 1. The SMILES string of the molecule is O=C(CSc1ccncc1)NC1(CO)CCCC1. The van der Waals surface area contributed by atoms with Crippen molar-refractivity contribution in [3.63, 3.8) is 0 Å². The Morgan fingerprint density at radius 2 is 2.06 bits per heavy atom. The minimum absolute atomic E-state index is 0.00670. The molecule has 1 saturated carbocycles. The van der Waals surface area contributed by atoms with Crippen molar-refractivity contribution < 1.29 is 9.90 Å². The minimum Gasteiger partial charge on any atom is -0.394 e. The van der Waals surface area contributed by atoms with Gasteiger partial charge in [0, 0.05) is 17.3 Å². The largest absolute Gasteiger partial charge is 0.394 e. The third-order valence-corrected chi connectivity index (χ3v) is 4.30. The Labute approximate surface area is 111 Å². The van der Waals surface area contributed by atoms with Gasteiger partial charge in [0.05, 0.1) is 17.9 Å². The van der Waals surface area contributed by atoms with Gasteiger partial charge in [-0.15, -0.1) is 11.8 Å². The van der Waals surface area contributed by atoms with Crippen molar-refractivity contribution in [3.05, 3.63) is 24.5 Å². The van der Waals surface area contributed by atoms with E-state index in [1.54, 1.807) is 12.4 Å². The molecule has 1 aliphatic rings. The molecule has 1 aromatic rings. The van der Waals surface area contributed by atoms with E-state index in [1.807, 2.05) is 12.1 Å². The Morgan fingerprint density at radius 3 is 2.67 bits per heavy atom. The lowest BCUT2D eigenvalue weighted by atomic mass is 9.99. The second-order valence-electron chi connectivity index (χ2n) is 4.67. The number of aliphatic hydroxyl groups excluding tert-OH is 1. The third kappa shape index (κ3) is 3.46. The van der Waals surface area contributed by atoms with E-state index in [0.29, 0.717) is 5.75 Å². The van der Waals surface area contributed by atoms with Crippen molar-refractivity contribution in [2.45, 2.75) is 36.1 Å². The Kier molecular flexibility index (Phi) is 4.60. The zero-order chi connectivity index (χ0) is 12.8. The maximum atomic E-state index is 11.9. The molecule has 1 amide bonds. The van der Waals surface area contributed by atoms with Gasteiger partial charge in [0.2, 0.25) is 5.91 Å². The highest BCUT2D eigenvalue weighted by Crippen LogP contribution is 2.29. The molecule has 0 saturated heterocycles. The highest BCUT2D eigenvalue weighted by atomic mass is 32.2. The lowest BCUT2D eigenvalue weighted by molar-refractivity contribution is -0.121. The van der Waals surface area contributed by atoms with Gasteiger partial charge in [0.1, 0.15) is 0 Å². The molecule has 0 spiro atoms. The molecule has 1 fully saturated rings. The van der Waals surface area contributed by atoms with E-state index in [2.05, 4.69) is 10.3 Å². The normalized spacial score (nSPS) is 17.6. The van der Waals surface area contributed by atoms with E-state index in [0.717, 1.165) is 30.6 Å². The molecule has 0 aromatic carbocycles. The van der Waals surface area contributed by atoms with Crippen molar-refractivity contribution >= 4 is 17.7 Å². The van der Waals surface area contributed by atoms with Crippen LogP contribution in [0.1, 0.15) is 25.7 Å². The van der Waals surface area contributed by atoms with E-state index in [9.17, 15) is 9.90 Å². The van der Waals surface area contributed by atoms with Gasteiger partial charge in [-0.1, -0.05) is 12.8 Å². The van der Waals surface area contributed by atoms with Crippen molar-refractivity contribution in [1.82, 2.24) is 10.3 Å². The zero-order valence-electron chi connectivity index (χ0n) is 10.3. The van der Waals surface area contributed by atoms with E-state index < -0.39 is 0 Å². The number of aliphatic hydroxyl groups is 1. The first kappa shape index (κ1) is 13.4. The number of carbonyl (C=O) groups excluding carboxylic acids is 1. The molecule has 4 nitrogen and oxygen atoms in total. The average molecular weight is 266 g/mol. The van der Waals surface area contributed by atoms with Crippen molar-refractivity contribution in [3.8, 4) is 0 Å². The van der Waals surface area contributed by atoms with Gasteiger partial charge < -0.3 is 10.4 Å². The number of hydrogen-bond acceptors (Lipinski definition) is 4. The summed E-state index contributed by atoms with van der Waals surface area (Å²) in [5, 5.41) is 12.4. The second-order valence-corrected chi connectivity index (χ2v) is 5.71. The molecule has 1 aromatic heterocycles. The van der Waals surface area contributed by atoms with Crippen LogP contribution in [0.15, 0.2) is 29.4 Å². The van der Waals surface area contributed by atoms with Crippen LogP contribution in [0.5, 0.6) is 0 Å². The Hall–Kier alpha value is -1.07. The van der Waals surface area contributed by atoms with Crippen LogP contribution < -0.4 is 5.32 Å². The van der Waals surface area contributed by atoms with Crippen LogP contribution in [-0.4, -0.2) is 33.9 Å². The molecule has 0 bridgehead atoms. The molecule has 0 atom stereocenters. The molecule has 1 aliphatic carbocycles. The van der Waals surface area contributed by atoms with Crippen LogP contribution in [0.2, 0.25) is 0 Å². The van der Waals surface area contributed by atoms with Gasteiger partial charge >= 0.3 is 0 Å². The molecule has 18 heavy (non-hydrogen) atoms. The average Bonchev–Trinajstić information content (AvgIpc) is 2.87. The summed E-state index contributed by atoms with van der Waals surface area (Å²) in [5.74, 6) is 0.374. The van der Waals surface area contributed by atoms with Gasteiger partial charge in [-0.05, 0) is 25.0 Å². The van der Waals surface area contributed by atoms with Crippen LogP contribution in [0.4, 0.5) is 0 Å². The summed E-state index contributed by atoms with van der Waals surface area (Å²) in [6.07, 6.45) is 7.36. The lowest BCUT2D eigenvalue weighted by Gasteiger charge is -2.27. The summed E-state index contributed by atoms with van der Waals surface area (Å²) in [6.45, 7) is 0.0403. The molecule has 0 radical (unpaired) electrons. The molecule has 2 rings (SSSR count). The molecule has 5 heteroatoms. The summed E-state index contributed by atoms with van der Waals surface area (Å²) in [6, 6.07) is 3.77. The number of hydrogen-bond donors (Lipinski definition) is 2. The number of nitrogens with zero attached hydrogens (tertiary/aromatic N) is 1. The molecule has 98 valence electrons. The van der Waals surface area contributed by atoms with Crippen LogP contribution in [0.25, 0.3) is 0 Å². The number of thioether (sulfide) groups is 1. The van der Waals surface area contributed by atoms with Crippen molar-refractivity contribution in [2.75, 3.05) is 12.4 Å². The van der Waals surface area contributed by atoms with Crippen LogP contribution in [0, 0.1) is 0 Å². The quantitative estimate of drug-likeness (QED) is 0.795. The fourth-order valence-electron chi connectivity index (χ4n) is 2.29. The Bertz CT molecular complexity index is 391. The first-order valence-electron chi connectivity index (χ1n) is 6.19. The van der Waals surface area contributed by atoms with Gasteiger partial charge in [-0.25, -0.2) is 0 Å².